The molecule has 0 aromatic heterocycles. The average molecular weight is 329 g/mol. The van der Waals surface area contributed by atoms with Crippen molar-refractivity contribution in [3.8, 4) is 11.5 Å². The minimum absolute atomic E-state index is 0.396. The average Bonchev–Trinajstić information content (AvgIpc) is 2.59. The van der Waals surface area contributed by atoms with Gasteiger partial charge in [-0.2, -0.15) is 5.10 Å². The Hall–Kier alpha value is -2.60. The molecule has 6 heteroatoms. The zero-order chi connectivity index (χ0) is 16.7. The van der Waals surface area contributed by atoms with Crippen molar-refractivity contribution >= 4 is 28.7 Å². The normalized spacial score (nSPS) is 10.8. The summed E-state index contributed by atoms with van der Waals surface area (Å²) in [6, 6.07) is 15.2. The molecule has 0 aliphatic rings. The molecule has 0 fully saturated rings. The molecule has 0 aliphatic carbocycles. The molecular formula is C17H19N3O2S. The summed E-state index contributed by atoms with van der Waals surface area (Å²) in [5, 5.41) is 7.74. The summed E-state index contributed by atoms with van der Waals surface area (Å²) in [5.74, 6) is 1.52. The SMILES string of the molecule is COc1cccc(NC(=S)N/N=C(/C)c2ccccc2OC)c1. The van der Waals surface area contributed by atoms with Crippen molar-refractivity contribution in [2.24, 2.45) is 5.10 Å². The monoisotopic (exact) mass is 329 g/mol. The largest absolute Gasteiger partial charge is 0.497 e. The maximum atomic E-state index is 5.32. The number of benzene rings is 2. The van der Waals surface area contributed by atoms with Gasteiger partial charge >= 0.3 is 0 Å². The third kappa shape index (κ3) is 4.69. The zero-order valence-corrected chi connectivity index (χ0v) is 14.1. The zero-order valence-electron chi connectivity index (χ0n) is 13.3. The Morgan fingerprint density at radius 1 is 1.04 bits per heavy atom. The number of ether oxygens (including phenoxy) is 2. The van der Waals surface area contributed by atoms with Crippen LogP contribution in [-0.2, 0) is 0 Å². The van der Waals surface area contributed by atoms with Crippen LogP contribution in [0.3, 0.4) is 0 Å². The summed E-state index contributed by atoms with van der Waals surface area (Å²) in [7, 11) is 3.26. The second-order valence-corrected chi connectivity index (χ2v) is 5.10. The first-order valence-corrected chi connectivity index (χ1v) is 7.43. The Kier molecular flexibility index (Phi) is 5.94. The molecule has 0 spiro atoms. The second-order valence-electron chi connectivity index (χ2n) is 4.70. The molecule has 5 nitrogen and oxygen atoms in total. The molecule has 0 amide bonds. The Labute approximate surface area is 141 Å². The van der Waals surface area contributed by atoms with Gasteiger partial charge in [-0.25, -0.2) is 0 Å². The fraction of sp³-hybridized carbons (Fsp3) is 0.176. The maximum Gasteiger partial charge on any atom is 0.191 e. The predicted molar refractivity (Wildman–Crippen MR) is 97.6 cm³/mol. The molecule has 0 bridgehead atoms. The number of hydrogen-bond acceptors (Lipinski definition) is 4. The summed E-state index contributed by atoms with van der Waals surface area (Å²) >= 11 is 5.24. The quantitative estimate of drug-likeness (QED) is 0.500. The summed E-state index contributed by atoms with van der Waals surface area (Å²) < 4.78 is 10.5. The highest BCUT2D eigenvalue weighted by molar-refractivity contribution is 7.80. The van der Waals surface area contributed by atoms with Crippen molar-refractivity contribution in [3.63, 3.8) is 0 Å². The number of anilines is 1. The van der Waals surface area contributed by atoms with Crippen molar-refractivity contribution in [2.45, 2.75) is 6.92 Å². The highest BCUT2D eigenvalue weighted by Gasteiger charge is 2.05. The molecule has 0 saturated carbocycles. The molecule has 2 rings (SSSR count). The predicted octanol–water partition coefficient (Wildman–Crippen LogP) is 3.41. The lowest BCUT2D eigenvalue weighted by Gasteiger charge is -2.10. The molecule has 0 unspecified atom stereocenters. The van der Waals surface area contributed by atoms with Gasteiger partial charge in [-0.15, -0.1) is 0 Å². The Balaban J connectivity index is 2.02. The van der Waals surface area contributed by atoms with Gasteiger partial charge in [-0.3, -0.25) is 5.43 Å². The highest BCUT2D eigenvalue weighted by atomic mass is 32.1. The maximum absolute atomic E-state index is 5.32. The van der Waals surface area contributed by atoms with Gasteiger partial charge in [0.25, 0.3) is 0 Å². The van der Waals surface area contributed by atoms with E-state index in [4.69, 9.17) is 21.7 Å². The minimum Gasteiger partial charge on any atom is -0.497 e. The van der Waals surface area contributed by atoms with Gasteiger partial charge in [0.1, 0.15) is 11.5 Å². The number of methoxy groups -OCH3 is 2. The molecule has 0 heterocycles. The van der Waals surface area contributed by atoms with Gasteiger partial charge in [0, 0.05) is 17.3 Å². The lowest BCUT2D eigenvalue weighted by atomic mass is 10.1. The molecule has 120 valence electrons. The van der Waals surface area contributed by atoms with Crippen LogP contribution in [0.5, 0.6) is 11.5 Å². The van der Waals surface area contributed by atoms with Crippen LogP contribution in [-0.4, -0.2) is 25.0 Å². The van der Waals surface area contributed by atoms with Gasteiger partial charge < -0.3 is 14.8 Å². The molecular weight excluding hydrogens is 310 g/mol. The lowest BCUT2D eigenvalue weighted by molar-refractivity contribution is 0.414. The summed E-state index contributed by atoms with van der Waals surface area (Å²) in [6.45, 7) is 1.89. The number of nitrogens with one attached hydrogen (secondary N) is 2. The first kappa shape index (κ1) is 16.8. The fourth-order valence-electron chi connectivity index (χ4n) is 2.00. The van der Waals surface area contributed by atoms with Crippen molar-refractivity contribution in [3.05, 3.63) is 54.1 Å². The van der Waals surface area contributed by atoms with Crippen LogP contribution in [0.25, 0.3) is 0 Å². The van der Waals surface area contributed by atoms with E-state index >= 15 is 0 Å². The molecule has 0 radical (unpaired) electrons. The van der Waals surface area contributed by atoms with Crippen LogP contribution in [0.15, 0.2) is 53.6 Å². The molecule has 0 atom stereocenters. The second kappa shape index (κ2) is 8.14. The third-order valence-corrected chi connectivity index (χ3v) is 3.34. The van der Waals surface area contributed by atoms with E-state index in [0.29, 0.717) is 5.11 Å². The molecule has 2 aromatic carbocycles. The number of hydrogen-bond donors (Lipinski definition) is 2. The number of hydrazone groups is 1. The Morgan fingerprint density at radius 2 is 1.83 bits per heavy atom. The first-order chi connectivity index (χ1) is 11.1. The van der Waals surface area contributed by atoms with Crippen LogP contribution in [0.4, 0.5) is 5.69 Å². The van der Waals surface area contributed by atoms with Crippen LogP contribution < -0.4 is 20.2 Å². The third-order valence-electron chi connectivity index (χ3n) is 3.15. The van der Waals surface area contributed by atoms with Crippen LogP contribution in [0.1, 0.15) is 12.5 Å². The van der Waals surface area contributed by atoms with E-state index in [1.807, 2.05) is 55.5 Å². The topological polar surface area (TPSA) is 54.9 Å². The number of rotatable bonds is 5. The summed E-state index contributed by atoms with van der Waals surface area (Å²) in [4.78, 5) is 0. The van der Waals surface area contributed by atoms with Crippen molar-refractivity contribution < 1.29 is 9.47 Å². The van der Waals surface area contributed by atoms with Gasteiger partial charge in [0.15, 0.2) is 5.11 Å². The van der Waals surface area contributed by atoms with E-state index in [9.17, 15) is 0 Å². The van der Waals surface area contributed by atoms with Crippen LogP contribution in [0.2, 0.25) is 0 Å². The molecule has 23 heavy (non-hydrogen) atoms. The van der Waals surface area contributed by atoms with Crippen LogP contribution >= 0.6 is 12.2 Å². The molecule has 0 aliphatic heterocycles. The van der Waals surface area contributed by atoms with Gasteiger partial charge in [0.05, 0.1) is 19.9 Å². The molecule has 2 aromatic rings. The van der Waals surface area contributed by atoms with Gasteiger partial charge in [0.2, 0.25) is 0 Å². The fourth-order valence-corrected chi connectivity index (χ4v) is 2.16. The van der Waals surface area contributed by atoms with E-state index in [-0.39, 0.29) is 0 Å². The highest BCUT2D eigenvalue weighted by Crippen LogP contribution is 2.18. The first-order valence-electron chi connectivity index (χ1n) is 7.02. The van der Waals surface area contributed by atoms with Crippen molar-refractivity contribution in [2.75, 3.05) is 19.5 Å². The van der Waals surface area contributed by atoms with E-state index in [2.05, 4.69) is 15.8 Å². The lowest BCUT2D eigenvalue weighted by Crippen LogP contribution is -2.25. The summed E-state index contributed by atoms with van der Waals surface area (Å²) in [5.41, 5.74) is 5.34. The standard InChI is InChI=1S/C17H19N3O2S/c1-12(15-9-4-5-10-16(15)22-3)19-20-17(23)18-13-7-6-8-14(11-13)21-2/h4-11H,1-3H3,(H2,18,20,23)/b19-12-. The van der Waals surface area contributed by atoms with Gasteiger partial charge in [-0.05, 0) is 43.4 Å². The van der Waals surface area contributed by atoms with Crippen LogP contribution in [0, 0.1) is 0 Å². The van der Waals surface area contributed by atoms with E-state index in [0.717, 1.165) is 28.5 Å². The Bertz CT molecular complexity index is 716. The molecule has 0 saturated heterocycles. The number of thiocarbonyl (C=S) groups is 1. The number of para-hydroxylation sites is 1. The van der Waals surface area contributed by atoms with Crippen molar-refractivity contribution in [1.82, 2.24) is 5.43 Å². The van der Waals surface area contributed by atoms with Crippen molar-refractivity contribution in [1.29, 1.82) is 0 Å². The van der Waals surface area contributed by atoms with Gasteiger partial charge in [-0.1, -0.05) is 18.2 Å². The Morgan fingerprint density at radius 3 is 2.57 bits per heavy atom. The van der Waals surface area contributed by atoms with E-state index in [1.54, 1.807) is 14.2 Å². The van der Waals surface area contributed by atoms with E-state index in [1.165, 1.54) is 0 Å². The minimum atomic E-state index is 0.396. The summed E-state index contributed by atoms with van der Waals surface area (Å²) in [6.07, 6.45) is 0. The number of nitrogens with zero attached hydrogens (tertiary/aromatic N) is 1. The van der Waals surface area contributed by atoms with E-state index < -0.39 is 0 Å². The molecule has 2 N–H and O–H groups in total. The smallest absolute Gasteiger partial charge is 0.191 e.